The van der Waals surface area contributed by atoms with Crippen molar-refractivity contribution in [1.82, 2.24) is 35.0 Å². The van der Waals surface area contributed by atoms with Gasteiger partial charge in [-0.05, 0) is 72.3 Å². The molecule has 6 rings (SSSR count). The lowest BCUT2D eigenvalue weighted by molar-refractivity contribution is 0.0825. The average molecular weight is 504 g/mol. The molecule has 194 valence electrons. The molecule has 3 aromatic heterocycles. The Balaban J connectivity index is 1.36. The van der Waals surface area contributed by atoms with E-state index in [0.717, 1.165) is 80.0 Å². The number of ether oxygens (including phenoxy) is 1. The van der Waals surface area contributed by atoms with Gasteiger partial charge in [-0.1, -0.05) is 11.6 Å². The quantitative estimate of drug-likeness (QED) is 0.411. The van der Waals surface area contributed by atoms with Crippen LogP contribution in [0.25, 0.3) is 10.9 Å². The highest BCUT2D eigenvalue weighted by Crippen LogP contribution is 2.29. The number of pyridine rings is 1. The molecule has 1 N–H and O–H groups in total. The van der Waals surface area contributed by atoms with Crippen molar-refractivity contribution >= 4 is 10.9 Å². The van der Waals surface area contributed by atoms with Crippen LogP contribution < -0.4 is 5.56 Å². The van der Waals surface area contributed by atoms with Crippen LogP contribution in [0.4, 0.5) is 0 Å². The van der Waals surface area contributed by atoms with Gasteiger partial charge in [0.25, 0.3) is 5.56 Å². The number of fused-ring (bicyclic) bond motifs is 1. The van der Waals surface area contributed by atoms with Gasteiger partial charge < -0.3 is 14.1 Å². The number of nitrogens with one attached hydrogen (secondary N) is 1. The smallest absolute Gasteiger partial charge is 0.253 e. The van der Waals surface area contributed by atoms with E-state index >= 15 is 0 Å². The molecule has 0 aliphatic carbocycles. The van der Waals surface area contributed by atoms with E-state index in [1.165, 1.54) is 0 Å². The van der Waals surface area contributed by atoms with Crippen LogP contribution in [0.3, 0.4) is 0 Å². The van der Waals surface area contributed by atoms with Gasteiger partial charge >= 0.3 is 0 Å². The Morgan fingerprint density at radius 1 is 1.16 bits per heavy atom. The Hall–Kier alpha value is -3.34. The number of furan rings is 1. The third kappa shape index (κ3) is 4.96. The topological polar surface area (TPSA) is 105 Å². The van der Waals surface area contributed by atoms with Gasteiger partial charge in [0.1, 0.15) is 11.8 Å². The second kappa shape index (κ2) is 10.2. The maximum Gasteiger partial charge on any atom is 0.253 e. The van der Waals surface area contributed by atoms with E-state index in [4.69, 9.17) is 9.15 Å². The molecule has 0 bridgehead atoms. The SMILES string of the molecule is Cc1cc(C)c2[nH]c(=O)c([C@H](c3nnnn3C[C@H]3CCCO3)N3CCN(Cc4ccco4)CC3)cc2c1. The Labute approximate surface area is 215 Å². The van der Waals surface area contributed by atoms with Crippen molar-refractivity contribution in [2.24, 2.45) is 0 Å². The first-order valence-electron chi connectivity index (χ1n) is 13.1. The largest absolute Gasteiger partial charge is 0.468 e. The minimum absolute atomic E-state index is 0.0910. The highest BCUT2D eigenvalue weighted by atomic mass is 16.5. The van der Waals surface area contributed by atoms with Gasteiger partial charge in [0.2, 0.25) is 0 Å². The summed E-state index contributed by atoms with van der Waals surface area (Å²) >= 11 is 0. The molecule has 0 spiro atoms. The van der Waals surface area contributed by atoms with Crippen molar-refractivity contribution in [3.63, 3.8) is 0 Å². The molecule has 2 saturated heterocycles. The number of H-pyrrole nitrogens is 1. The number of tetrazole rings is 1. The van der Waals surface area contributed by atoms with Crippen molar-refractivity contribution < 1.29 is 9.15 Å². The number of hydrogen-bond donors (Lipinski definition) is 1. The monoisotopic (exact) mass is 503 g/mol. The zero-order chi connectivity index (χ0) is 25.4. The third-order valence-electron chi connectivity index (χ3n) is 7.55. The van der Waals surface area contributed by atoms with Gasteiger partial charge in [0, 0.05) is 38.3 Å². The van der Waals surface area contributed by atoms with Crippen molar-refractivity contribution in [1.29, 1.82) is 0 Å². The summed E-state index contributed by atoms with van der Waals surface area (Å²) in [4.78, 5) is 21.4. The van der Waals surface area contributed by atoms with Gasteiger partial charge in [-0.2, -0.15) is 0 Å². The molecule has 37 heavy (non-hydrogen) atoms. The molecule has 1 aromatic carbocycles. The second-order valence-corrected chi connectivity index (χ2v) is 10.2. The average Bonchev–Trinajstić information content (AvgIpc) is 3.66. The van der Waals surface area contributed by atoms with Crippen molar-refractivity contribution in [3.8, 4) is 0 Å². The molecule has 2 aliphatic heterocycles. The third-order valence-corrected chi connectivity index (χ3v) is 7.55. The molecule has 2 fully saturated rings. The van der Waals surface area contributed by atoms with Gasteiger partial charge in [0.05, 0.1) is 31.0 Å². The Morgan fingerprint density at radius 3 is 2.78 bits per heavy atom. The van der Waals surface area contributed by atoms with Crippen LogP contribution in [0.5, 0.6) is 0 Å². The summed E-state index contributed by atoms with van der Waals surface area (Å²) in [7, 11) is 0. The van der Waals surface area contributed by atoms with Crippen LogP contribution in [-0.2, 0) is 17.8 Å². The summed E-state index contributed by atoms with van der Waals surface area (Å²) in [6, 6.07) is 9.80. The molecular formula is C27H33N7O3. The summed E-state index contributed by atoms with van der Waals surface area (Å²) < 4.78 is 13.3. The van der Waals surface area contributed by atoms with Crippen LogP contribution >= 0.6 is 0 Å². The van der Waals surface area contributed by atoms with Crippen LogP contribution in [0.2, 0.25) is 0 Å². The molecule has 2 atom stereocenters. The van der Waals surface area contributed by atoms with Crippen LogP contribution in [0, 0.1) is 13.8 Å². The van der Waals surface area contributed by atoms with E-state index in [-0.39, 0.29) is 17.7 Å². The van der Waals surface area contributed by atoms with E-state index in [1.54, 1.807) is 6.26 Å². The maximum atomic E-state index is 13.6. The molecule has 10 heteroatoms. The van der Waals surface area contributed by atoms with E-state index in [1.807, 2.05) is 29.8 Å². The first kappa shape index (κ1) is 24.0. The normalized spacial score (nSPS) is 20.1. The molecule has 2 aliphatic rings. The number of piperazine rings is 1. The molecule has 0 saturated carbocycles. The van der Waals surface area contributed by atoms with Crippen LogP contribution in [0.15, 0.2) is 45.8 Å². The van der Waals surface area contributed by atoms with Crippen molar-refractivity contribution in [2.45, 2.75) is 51.9 Å². The molecule has 0 amide bonds. The van der Waals surface area contributed by atoms with Crippen LogP contribution in [0.1, 0.15) is 47.2 Å². The fourth-order valence-corrected chi connectivity index (χ4v) is 5.73. The van der Waals surface area contributed by atoms with Crippen molar-refractivity contribution in [3.05, 3.63) is 75.2 Å². The van der Waals surface area contributed by atoms with Gasteiger partial charge in [-0.3, -0.25) is 14.6 Å². The first-order chi connectivity index (χ1) is 18.0. The van der Waals surface area contributed by atoms with Gasteiger partial charge in [0.15, 0.2) is 5.82 Å². The highest BCUT2D eigenvalue weighted by molar-refractivity contribution is 5.83. The second-order valence-electron chi connectivity index (χ2n) is 10.2. The highest BCUT2D eigenvalue weighted by Gasteiger charge is 2.33. The predicted molar refractivity (Wildman–Crippen MR) is 138 cm³/mol. The van der Waals surface area contributed by atoms with Crippen molar-refractivity contribution in [2.75, 3.05) is 32.8 Å². The summed E-state index contributed by atoms with van der Waals surface area (Å²) in [5.41, 5.74) is 3.66. The van der Waals surface area contributed by atoms with E-state index in [0.29, 0.717) is 17.9 Å². The zero-order valence-corrected chi connectivity index (χ0v) is 21.4. The van der Waals surface area contributed by atoms with E-state index < -0.39 is 0 Å². The maximum absolute atomic E-state index is 13.6. The predicted octanol–water partition coefficient (Wildman–Crippen LogP) is 2.81. The lowest BCUT2D eigenvalue weighted by Gasteiger charge is -2.38. The number of hydrogen-bond acceptors (Lipinski definition) is 8. The Morgan fingerprint density at radius 2 is 2.03 bits per heavy atom. The first-order valence-corrected chi connectivity index (χ1v) is 13.1. The van der Waals surface area contributed by atoms with Gasteiger partial charge in [-0.25, -0.2) is 4.68 Å². The molecule has 0 radical (unpaired) electrons. The molecule has 4 aromatic rings. The molecule has 10 nitrogen and oxygen atoms in total. The lowest BCUT2D eigenvalue weighted by Crippen LogP contribution is -2.48. The van der Waals surface area contributed by atoms with E-state index in [2.05, 4.69) is 49.4 Å². The Kier molecular flexibility index (Phi) is 6.62. The summed E-state index contributed by atoms with van der Waals surface area (Å²) in [6.45, 7) is 9.51. The number of benzene rings is 1. The number of aromatic nitrogens is 5. The number of nitrogens with zero attached hydrogens (tertiary/aromatic N) is 6. The summed E-state index contributed by atoms with van der Waals surface area (Å²) in [5.74, 6) is 1.64. The summed E-state index contributed by atoms with van der Waals surface area (Å²) in [6.07, 6.45) is 3.84. The molecular weight excluding hydrogens is 470 g/mol. The minimum Gasteiger partial charge on any atom is -0.468 e. The molecule has 5 heterocycles. The van der Waals surface area contributed by atoms with E-state index in [9.17, 15) is 4.79 Å². The number of rotatable bonds is 7. The summed E-state index contributed by atoms with van der Waals surface area (Å²) in [5, 5.41) is 13.8. The fraction of sp³-hybridized carbons (Fsp3) is 0.481. The Bertz CT molecular complexity index is 1410. The molecule has 0 unspecified atom stereocenters. The minimum atomic E-state index is -0.365. The standard InChI is InChI=1S/C27H33N7O3/c1-18-13-19(2)24-20(14-18)15-23(27(35)28-24)25(26-29-30-31-34(26)17-22-6-4-12-37-22)33-9-7-32(8-10-33)16-21-5-3-11-36-21/h3,5,11,13-15,22,25H,4,6-10,12,16-17H2,1-2H3,(H,28,35)/t22-,25-/m1/s1. The van der Waals surface area contributed by atoms with Crippen LogP contribution in [-0.4, -0.2) is 73.9 Å². The zero-order valence-electron chi connectivity index (χ0n) is 21.4. The number of aromatic amines is 1. The van der Waals surface area contributed by atoms with Gasteiger partial charge in [-0.15, -0.1) is 5.10 Å². The lowest BCUT2D eigenvalue weighted by atomic mass is 10.00. The number of aryl methyl sites for hydroxylation is 2. The fourth-order valence-electron chi connectivity index (χ4n) is 5.73.